The molecule has 0 atom stereocenters. The Morgan fingerprint density at radius 1 is 0.500 bits per heavy atom. The number of benzene rings is 5. The lowest BCUT2D eigenvalue weighted by atomic mass is 9.91. The van der Waals surface area contributed by atoms with Crippen molar-refractivity contribution >= 4 is 56.6 Å². The number of esters is 4. The largest absolute Gasteiger partial charge is 0.421 e. The van der Waals surface area contributed by atoms with E-state index in [4.69, 9.17) is 18.9 Å². The molecular formula is C42H28F4O8. The number of ether oxygens (including phenoxy) is 4. The van der Waals surface area contributed by atoms with Gasteiger partial charge < -0.3 is 18.9 Å². The second-order valence-electron chi connectivity index (χ2n) is 11.6. The lowest BCUT2D eigenvalue weighted by Crippen LogP contribution is -2.10. The SMILES string of the molecule is C=C(F)C(=O)Oc1cc(-c2ccc(C(C)=C(C)c3ccccc3OC(=O)C(=C)F)cc2)c2cc(OC(=O)C(=C)F)c3c(OC(=O)C(=C)F)cccc3c2c1. The quantitative estimate of drug-likeness (QED) is 0.0330. The van der Waals surface area contributed by atoms with E-state index in [1.807, 2.05) is 6.92 Å². The summed E-state index contributed by atoms with van der Waals surface area (Å²) in [5.74, 6) is -11.6. The Morgan fingerprint density at radius 2 is 1.02 bits per heavy atom. The van der Waals surface area contributed by atoms with E-state index in [0.717, 1.165) is 11.1 Å². The van der Waals surface area contributed by atoms with Gasteiger partial charge in [0.15, 0.2) is 0 Å². The van der Waals surface area contributed by atoms with Gasteiger partial charge in [0.2, 0.25) is 23.3 Å². The van der Waals surface area contributed by atoms with Crippen LogP contribution >= 0.6 is 0 Å². The normalized spacial score (nSPS) is 11.3. The minimum atomic E-state index is -1.46. The molecule has 0 aliphatic heterocycles. The third kappa shape index (κ3) is 8.02. The summed E-state index contributed by atoms with van der Waals surface area (Å²) in [5, 5.41) is 0.763. The molecule has 5 aromatic carbocycles. The van der Waals surface area contributed by atoms with Crippen LogP contribution in [-0.2, 0) is 19.2 Å². The molecule has 5 aromatic rings. The molecule has 12 heteroatoms. The zero-order valence-corrected chi connectivity index (χ0v) is 28.7. The van der Waals surface area contributed by atoms with E-state index in [0.29, 0.717) is 33.0 Å². The lowest BCUT2D eigenvalue weighted by molar-refractivity contribution is -0.132. The Kier molecular flexibility index (Phi) is 11.1. The minimum absolute atomic E-state index is 0.0769. The van der Waals surface area contributed by atoms with Crippen molar-refractivity contribution in [3.8, 4) is 34.1 Å². The monoisotopic (exact) mass is 736 g/mol. The predicted molar refractivity (Wildman–Crippen MR) is 195 cm³/mol. The van der Waals surface area contributed by atoms with Crippen molar-refractivity contribution in [3.63, 3.8) is 0 Å². The lowest BCUT2D eigenvalue weighted by Gasteiger charge is -2.17. The maximum absolute atomic E-state index is 13.9. The first kappa shape index (κ1) is 38.2. The molecule has 8 nitrogen and oxygen atoms in total. The summed E-state index contributed by atoms with van der Waals surface area (Å²) in [6.45, 7) is 15.5. The van der Waals surface area contributed by atoms with Gasteiger partial charge in [0.1, 0.15) is 23.0 Å². The number of allylic oxidation sites excluding steroid dienone is 2. The zero-order chi connectivity index (χ0) is 39.4. The third-order valence-corrected chi connectivity index (χ3v) is 8.18. The second kappa shape index (κ2) is 15.7. The predicted octanol–water partition coefficient (Wildman–Crippen LogP) is 10.2. The van der Waals surface area contributed by atoms with Crippen molar-refractivity contribution < 1.29 is 55.7 Å². The molecule has 0 unspecified atom stereocenters. The molecular weight excluding hydrogens is 708 g/mol. The van der Waals surface area contributed by atoms with Crippen molar-refractivity contribution in [2.75, 3.05) is 0 Å². The van der Waals surface area contributed by atoms with Gasteiger partial charge >= 0.3 is 23.9 Å². The Balaban J connectivity index is 1.72. The summed E-state index contributed by atoms with van der Waals surface area (Å²) >= 11 is 0. The van der Waals surface area contributed by atoms with Crippen molar-refractivity contribution in [3.05, 3.63) is 146 Å². The van der Waals surface area contributed by atoms with Gasteiger partial charge in [0, 0.05) is 5.56 Å². The average Bonchev–Trinajstić information content (AvgIpc) is 3.14. The minimum Gasteiger partial charge on any atom is -0.421 e. The van der Waals surface area contributed by atoms with Crippen LogP contribution in [0.25, 0.3) is 43.8 Å². The van der Waals surface area contributed by atoms with E-state index in [1.54, 1.807) is 49.4 Å². The standard InChI is InChI=1S/C42H28F4O8/c1-21(22(2)30-10-7-8-12-35(30)52-40(48)24(4)44)27-14-16-28(17-15-27)32-18-29(51-39(47)23(3)43)19-33-31-11-9-13-36(53-41(49)25(5)45)38(31)37(20-34(32)33)54-42(50)26(6)46/h7-20H,3-6H2,1-2H3. The van der Waals surface area contributed by atoms with Crippen molar-refractivity contribution in [1.29, 1.82) is 0 Å². The smallest absolute Gasteiger partial charge is 0.371 e. The average molecular weight is 737 g/mol. The molecule has 0 aliphatic carbocycles. The number of carbonyl (C=O) groups excluding carboxylic acids is 4. The molecule has 0 radical (unpaired) electrons. The Bertz CT molecular complexity index is 2500. The summed E-state index contributed by atoms with van der Waals surface area (Å²) in [6, 6.07) is 21.9. The van der Waals surface area contributed by atoms with Crippen LogP contribution in [0.1, 0.15) is 25.0 Å². The maximum Gasteiger partial charge on any atom is 0.371 e. The van der Waals surface area contributed by atoms with Crippen LogP contribution in [-0.4, -0.2) is 23.9 Å². The molecule has 0 spiro atoms. The molecule has 0 N–H and O–H groups in total. The maximum atomic E-state index is 13.9. The van der Waals surface area contributed by atoms with E-state index >= 15 is 0 Å². The highest BCUT2D eigenvalue weighted by Crippen LogP contribution is 2.45. The molecule has 0 bridgehead atoms. The molecule has 0 heterocycles. The summed E-state index contributed by atoms with van der Waals surface area (Å²) < 4.78 is 75.8. The summed E-state index contributed by atoms with van der Waals surface area (Å²) in [5.41, 5.74) is 3.55. The first-order chi connectivity index (χ1) is 25.6. The number of fused-ring (bicyclic) bond motifs is 3. The van der Waals surface area contributed by atoms with Crippen LogP contribution in [0, 0.1) is 0 Å². The van der Waals surface area contributed by atoms with Crippen LogP contribution in [0.3, 0.4) is 0 Å². The van der Waals surface area contributed by atoms with Crippen LogP contribution in [0.2, 0.25) is 0 Å². The Morgan fingerprint density at radius 3 is 1.61 bits per heavy atom. The summed E-state index contributed by atoms with van der Waals surface area (Å²) in [7, 11) is 0. The molecule has 272 valence electrons. The van der Waals surface area contributed by atoms with Crippen LogP contribution < -0.4 is 18.9 Å². The summed E-state index contributed by atoms with van der Waals surface area (Å²) in [6.07, 6.45) is 0. The topological polar surface area (TPSA) is 105 Å². The third-order valence-electron chi connectivity index (χ3n) is 8.18. The van der Waals surface area contributed by atoms with E-state index in [2.05, 4.69) is 26.3 Å². The molecule has 54 heavy (non-hydrogen) atoms. The van der Waals surface area contributed by atoms with E-state index in [-0.39, 0.29) is 33.8 Å². The number of hydrogen-bond acceptors (Lipinski definition) is 8. The molecule has 5 rings (SSSR count). The molecule has 0 amide bonds. The Labute approximate surface area is 305 Å². The Hall–Kier alpha value is -7.08. The van der Waals surface area contributed by atoms with Crippen LogP contribution in [0.15, 0.2) is 135 Å². The molecule has 0 aliphatic rings. The first-order valence-corrected chi connectivity index (χ1v) is 15.7. The first-order valence-electron chi connectivity index (χ1n) is 15.7. The number of halogens is 4. The fraction of sp³-hybridized carbons (Fsp3) is 0.0476. The fourth-order valence-electron chi connectivity index (χ4n) is 5.49. The van der Waals surface area contributed by atoms with E-state index < -0.39 is 47.2 Å². The van der Waals surface area contributed by atoms with Gasteiger partial charge in [-0.25, -0.2) is 19.2 Å². The van der Waals surface area contributed by atoms with Gasteiger partial charge in [0.25, 0.3) is 0 Å². The van der Waals surface area contributed by atoms with Gasteiger partial charge in [-0.3, -0.25) is 0 Å². The molecule has 0 saturated carbocycles. The van der Waals surface area contributed by atoms with E-state index in [1.165, 1.54) is 42.5 Å². The zero-order valence-electron chi connectivity index (χ0n) is 28.7. The molecule has 0 fully saturated rings. The van der Waals surface area contributed by atoms with Gasteiger partial charge in [0.05, 0.1) is 5.39 Å². The van der Waals surface area contributed by atoms with Gasteiger partial charge in [-0.15, -0.1) is 0 Å². The van der Waals surface area contributed by atoms with Crippen LogP contribution in [0.4, 0.5) is 17.6 Å². The highest BCUT2D eigenvalue weighted by Gasteiger charge is 2.23. The van der Waals surface area contributed by atoms with Crippen molar-refractivity contribution in [2.45, 2.75) is 13.8 Å². The second-order valence-corrected chi connectivity index (χ2v) is 11.6. The van der Waals surface area contributed by atoms with Crippen molar-refractivity contribution in [2.24, 2.45) is 0 Å². The number of para-hydroxylation sites is 1. The fourth-order valence-corrected chi connectivity index (χ4v) is 5.49. The highest BCUT2D eigenvalue weighted by atomic mass is 19.1. The molecule has 0 aromatic heterocycles. The van der Waals surface area contributed by atoms with Gasteiger partial charge in [-0.05, 0) is 88.2 Å². The summed E-state index contributed by atoms with van der Waals surface area (Å²) in [4.78, 5) is 48.9. The van der Waals surface area contributed by atoms with Gasteiger partial charge in [-0.1, -0.05) is 80.9 Å². The number of carbonyl (C=O) groups is 4. The van der Waals surface area contributed by atoms with Gasteiger partial charge in [-0.2, -0.15) is 17.6 Å². The number of rotatable bonds is 11. The van der Waals surface area contributed by atoms with E-state index in [9.17, 15) is 36.7 Å². The highest BCUT2D eigenvalue weighted by molar-refractivity contribution is 6.17. The molecule has 0 saturated heterocycles. The van der Waals surface area contributed by atoms with Crippen molar-refractivity contribution in [1.82, 2.24) is 0 Å². The number of hydrogen-bond donors (Lipinski definition) is 0. The van der Waals surface area contributed by atoms with Crippen LogP contribution in [0.5, 0.6) is 23.0 Å².